The Morgan fingerprint density at radius 1 is 0.864 bits per heavy atom. The molecule has 0 aromatic rings. The first-order valence-electron chi connectivity index (χ1n) is 7.82. The average molecular weight is 345 g/mol. The molecule has 0 aromatic carbocycles. The summed E-state index contributed by atoms with van der Waals surface area (Å²) in [5.74, 6) is -1.10. The number of hydrogen-bond donors (Lipinski definition) is 1. The highest BCUT2D eigenvalue weighted by Gasteiger charge is 2.46. The van der Waals surface area contributed by atoms with E-state index in [9.17, 15) is 26.4 Å². The highest BCUT2D eigenvalue weighted by atomic mass is 32.2. The topological polar surface area (TPSA) is 63.2 Å². The number of amides is 1. The van der Waals surface area contributed by atoms with E-state index < -0.39 is 21.4 Å². The molecular formula is C14H26F3NO3S. The van der Waals surface area contributed by atoms with Crippen molar-refractivity contribution < 1.29 is 26.4 Å². The van der Waals surface area contributed by atoms with Gasteiger partial charge < -0.3 is 0 Å². The predicted octanol–water partition coefficient (Wildman–Crippen LogP) is 4.26. The van der Waals surface area contributed by atoms with E-state index in [4.69, 9.17) is 0 Å². The third-order valence-electron chi connectivity index (χ3n) is 3.31. The van der Waals surface area contributed by atoms with Gasteiger partial charge in [-0.15, -0.1) is 0 Å². The van der Waals surface area contributed by atoms with Crippen LogP contribution in [0.1, 0.15) is 77.6 Å². The number of carbonyl (C=O) groups excluding carboxylic acids is 1. The third kappa shape index (κ3) is 10.0. The summed E-state index contributed by atoms with van der Waals surface area (Å²) in [6.07, 6.45) is 10.1. The molecule has 0 fully saturated rings. The molecule has 0 heterocycles. The van der Waals surface area contributed by atoms with Gasteiger partial charge in [-0.25, -0.2) is 4.72 Å². The molecule has 0 bridgehead atoms. The summed E-state index contributed by atoms with van der Waals surface area (Å²) in [6, 6.07) is 0. The maximum absolute atomic E-state index is 12.0. The molecule has 22 heavy (non-hydrogen) atoms. The first-order valence-corrected chi connectivity index (χ1v) is 9.31. The van der Waals surface area contributed by atoms with Crippen LogP contribution < -0.4 is 4.72 Å². The lowest BCUT2D eigenvalue weighted by Crippen LogP contribution is -2.40. The van der Waals surface area contributed by atoms with Crippen molar-refractivity contribution in [3.05, 3.63) is 0 Å². The molecule has 0 aliphatic rings. The molecule has 1 N–H and O–H groups in total. The molecule has 0 aliphatic carbocycles. The van der Waals surface area contributed by atoms with Crippen LogP contribution >= 0.6 is 0 Å². The number of nitrogens with one attached hydrogen (secondary N) is 1. The van der Waals surface area contributed by atoms with Crippen molar-refractivity contribution in [1.29, 1.82) is 0 Å². The second-order valence-corrected chi connectivity index (χ2v) is 7.08. The van der Waals surface area contributed by atoms with Gasteiger partial charge >= 0.3 is 15.5 Å². The van der Waals surface area contributed by atoms with Gasteiger partial charge in [-0.2, -0.15) is 21.6 Å². The predicted molar refractivity (Wildman–Crippen MR) is 79.6 cm³/mol. The number of carbonyl (C=O) groups is 1. The standard InChI is InChI=1S/C14H26F3NO3S/c1-2-3-4-5-6-7-8-9-10-11-12-13(19)18-22(20,21)14(15,16)17/h2-12H2,1H3,(H,18,19). The summed E-state index contributed by atoms with van der Waals surface area (Å²) in [4.78, 5) is 11.2. The van der Waals surface area contributed by atoms with Gasteiger partial charge in [0.05, 0.1) is 0 Å². The number of unbranched alkanes of at least 4 members (excludes halogenated alkanes) is 9. The molecule has 0 saturated heterocycles. The molecular weight excluding hydrogens is 319 g/mol. The van der Waals surface area contributed by atoms with Crippen molar-refractivity contribution in [1.82, 2.24) is 4.72 Å². The minimum atomic E-state index is -5.56. The van der Waals surface area contributed by atoms with Crippen molar-refractivity contribution in [2.45, 2.75) is 83.1 Å². The van der Waals surface area contributed by atoms with E-state index in [1.807, 2.05) is 0 Å². The summed E-state index contributed by atoms with van der Waals surface area (Å²) >= 11 is 0. The van der Waals surface area contributed by atoms with E-state index in [2.05, 4.69) is 6.92 Å². The molecule has 0 aromatic heterocycles. The van der Waals surface area contributed by atoms with E-state index >= 15 is 0 Å². The Morgan fingerprint density at radius 2 is 1.27 bits per heavy atom. The zero-order valence-electron chi connectivity index (χ0n) is 13.0. The van der Waals surface area contributed by atoms with Crippen LogP contribution in [-0.2, 0) is 14.8 Å². The third-order valence-corrected chi connectivity index (χ3v) is 4.42. The zero-order chi connectivity index (χ0) is 17.1. The highest BCUT2D eigenvalue weighted by Crippen LogP contribution is 2.21. The molecule has 1 amide bonds. The summed E-state index contributed by atoms with van der Waals surface area (Å²) in [6.45, 7) is 2.16. The fraction of sp³-hybridized carbons (Fsp3) is 0.929. The average Bonchev–Trinajstić information content (AvgIpc) is 2.39. The quantitative estimate of drug-likeness (QED) is 0.538. The molecule has 8 heteroatoms. The Bertz CT molecular complexity index is 408. The molecule has 0 aliphatic heterocycles. The van der Waals surface area contributed by atoms with Crippen LogP contribution in [0.25, 0.3) is 0 Å². The maximum Gasteiger partial charge on any atom is 0.516 e. The molecule has 0 saturated carbocycles. The number of hydrogen-bond acceptors (Lipinski definition) is 3. The van der Waals surface area contributed by atoms with Gasteiger partial charge in [0.25, 0.3) is 0 Å². The number of halogens is 3. The van der Waals surface area contributed by atoms with Gasteiger partial charge in [-0.3, -0.25) is 4.79 Å². The lowest BCUT2D eigenvalue weighted by molar-refractivity contribution is -0.120. The SMILES string of the molecule is CCCCCCCCCCCCC(=O)NS(=O)(=O)C(F)(F)F. The van der Waals surface area contributed by atoms with Gasteiger partial charge in [-0.1, -0.05) is 64.7 Å². The molecule has 0 spiro atoms. The summed E-state index contributed by atoms with van der Waals surface area (Å²) < 4.78 is 58.5. The number of alkyl halides is 3. The minimum absolute atomic E-state index is 0.203. The lowest BCUT2D eigenvalue weighted by Gasteiger charge is -2.09. The summed E-state index contributed by atoms with van der Waals surface area (Å²) in [5.41, 5.74) is -5.44. The van der Waals surface area contributed by atoms with Crippen molar-refractivity contribution >= 4 is 15.9 Å². The van der Waals surface area contributed by atoms with E-state index in [1.165, 1.54) is 32.1 Å². The second-order valence-electron chi connectivity index (χ2n) is 5.41. The van der Waals surface area contributed by atoms with Gasteiger partial charge in [0, 0.05) is 6.42 Å². The van der Waals surface area contributed by atoms with Gasteiger partial charge in [-0.05, 0) is 6.42 Å². The monoisotopic (exact) mass is 345 g/mol. The van der Waals surface area contributed by atoms with Crippen LogP contribution in [0.3, 0.4) is 0 Å². The van der Waals surface area contributed by atoms with Gasteiger partial charge in [0.2, 0.25) is 5.91 Å². The van der Waals surface area contributed by atoms with E-state index in [0.717, 1.165) is 24.0 Å². The Morgan fingerprint density at radius 3 is 1.68 bits per heavy atom. The minimum Gasteiger partial charge on any atom is -0.274 e. The molecule has 0 atom stereocenters. The Hall–Kier alpha value is -0.790. The van der Waals surface area contributed by atoms with Crippen molar-refractivity contribution in [2.75, 3.05) is 0 Å². The van der Waals surface area contributed by atoms with Crippen molar-refractivity contribution in [3.63, 3.8) is 0 Å². The Balaban J connectivity index is 3.58. The van der Waals surface area contributed by atoms with Gasteiger partial charge in [0.1, 0.15) is 0 Å². The summed E-state index contributed by atoms with van der Waals surface area (Å²) in [7, 11) is -5.56. The summed E-state index contributed by atoms with van der Waals surface area (Å²) in [5, 5.41) is 0. The van der Waals surface area contributed by atoms with Crippen LogP contribution in [0.5, 0.6) is 0 Å². The van der Waals surface area contributed by atoms with Gasteiger partial charge in [0.15, 0.2) is 0 Å². The molecule has 132 valence electrons. The normalized spacial score (nSPS) is 12.4. The molecule has 0 radical (unpaired) electrons. The molecule has 0 unspecified atom stereocenters. The highest BCUT2D eigenvalue weighted by molar-refractivity contribution is 7.90. The van der Waals surface area contributed by atoms with Crippen molar-refractivity contribution in [2.24, 2.45) is 0 Å². The smallest absolute Gasteiger partial charge is 0.274 e. The van der Waals surface area contributed by atoms with Crippen molar-refractivity contribution in [3.8, 4) is 0 Å². The Labute approximate surface area is 130 Å². The Kier molecular flexibility index (Phi) is 10.5. The second kappa shape index (κ2) is 10.9. The fourth-order valence-electron chi connectivity index (χ4n) is 2.03. The largest absolute Gasteiger partial charge is 0.516 e. The first-order chi connectivity index (χ1) is 10.2. The van der Waals surface area contributed by atoms with Crippen LogP contribution in [0.4, 0.5) is 13.2 Å². The fourth-order valence-corrected chi connectivity index (χ4v) is 2.55. The maximum atomic E-state index is 12.0. The van der Waals surface area contributed by atoms with Crippen LogP contribution in [0.15, 0.2) is 0 Å². The molecule has 4 nitrogen and oxygen atoms in total. The first kappa shape index (κ1) is 21.2. The molecule has 0 rings (SSSR count). The van der Waals surface area contributed by atoms with E-state index in [0.29, 0.717) is 12.8 Å². The van der Waals surface area contributed by atoms with Crippen LogP contribution in [0.2, 0.25) is 0 Å². The number of rotatable bonds is 12. The van der Waals surface area contributed by atoms with E-state index in [1.54, 1.807) is 0 Å². The van der Waals surface area contributed by atoms with E-state index in [-0.39, 0.29) is 6.42 Å². The number of sulfonamides is 1. The zero-order valence-corrected chi connectivity index (χ0v) is 13.9. The lowest BCUT2D eigenvalue weighted by atomic mass is 10.1. The van der Waals surface area contributed by atoms with Crippen LogP contribution in [0, 0.1) is 0 Å². The van der Waals surface area contributed by atoms with Crippen LogP contribution in [-0.4, -0.2) is 19.8 Å².